The number of alkyl halides is 2. The molecule has 0 bridgehead atoms. The number of hydrogen-bond donors (Lipinski definition) is 1. The van der Waals surface area contributed by atoms with E-state index in [0.29, 0.717) is 26.3 Å². The van der Waals surface area contributed by atoms with Crippen molar-refractivity contribution in [1.82, 2.24) is 0 Å². The van der Waals surface area contributed by atoms with E-state index in [9.17, 15) is 37.5 Å². The maximum atomic E-state index is 15.4. The summed E-state index contributed by atoms with van der Waals surface area (Å²) < 4.78 is 90.1. The predicted octanol–water partition coefficient (Wildman–Crippen LogP) is 5.71. The maximum absolute atomic E-state index is 15.4. The van der Waals surface area contributed by atoms with Gasteiger partial charge in [-0.25, -0.2) is 26.9 Å². The van der Waals surface area contributed by atoms with Crippen molar-refractivity contribution >= 4 is 63.9 Å². The number of fused-ring (bicyclic) bond motifs is 4. The van der Waals surface area contributed by atoms with Crippen LogP contribution in [-0.2, 0) is 23.9 Å². The highest BCUT2D eigenvalue weighted by Gasteiger charge is 2.77. The third-order valence-corrected chi connectivity index (χ3v) is 13.0. The Bertz CT molecular complexity index is 2220. The zero-order valence-corrected chi connectivity index (χ0v) is 30.9. The van der Waals surface area contributed by atoms with Gasteiger partial charge in [0.1, 0.15) is 5.69 Å². The second kappa shape index (κ2) is 13.3. The minimum Gasteiger partial charge on any atom is -0.502 e. The number of aromatic hydroxyl groups is 1. The average Bonchev–Trinajstić information content (AvgIpc) is 3.54. The summed E-state index contributed by atoms with van der Waals surface area (Å²) in [5.41, 5.74) is -0.556. The summed E-state index contributed by atoms with van der Waals surface area (Å²) in [5.74, 6) is -22.7. The lowest BCUT2D eigenvalue weighted by atomic mass is 9.56. The Kier molecular flexibility index (Phi) is 9.04. The predicted molar refractivity (Wildman–Crippen MR) is 190 cm³/mol. The molecule has 3 aromatic carbocycles. The smallest absolute Gasteiger partial charge is 0.258 e. The van der Waals surface area contributed by atoms with Gasteiger partial charge in [0.25, 0.3) is 11.8 Å². The highest BCUT2D eigenvalue weighted by atomic mass is 35.5. The van der Waals surface area contributed by atoms with Gasteiger partial charge < -0.3 is 24.2 Å². The third-order valence-electron chi connectivity index (χ3n) is 11.5. The van der Waals surface area contributed by atoms with Crippen LogP contribution in [-0.4, -0.2) is 79.0 Å². The molecule has 8 rings (SSSR count). The summed E-state index contributed by atoms with van der Waals surface area (Å²) in [7, 11) is 2.41. The molecule has 0 spiro atoms. The fourth-order valence-electron chi connectivity index (χ4n) is 8.91. The van der Waals surface area contributed by atoms with E-state index in [-0.39, 0.29) is 39.6 Å². The fraction of sp³-hybridized carbons (Fsp3) is 0.368. The van der Waals surface area contributed by atoms with Crippen LogP contribution in [0, 0.1) is 46.8 Å². The molecule has 56 heavy (non-hydrogen) atoms. The van der Waals surface area contributed by atoms with E-state index in [1.54, 1.807) is 30.3 Å². The maximum Gasteiger partial charge on any atom is 0.258 e. The Balaban J connectivity index is 1.27. The van der Waals surface area contributed by atoms with Gasteiger partial charge in [0.15, 0.2) is 44.5 Å². The van der Waals surface area contributed by atoms with E-state index < -0.39 is 104 Å². The first kappa shape index (κ1) is 38.0. The van der Waals surface area contributed by atoms with Crippen LogP contribution in [0.3, 0.4) is 0 Å². The van der Waals surface area contributed by atoms with Crippen LogP contribution >= 0.6 is 23.2 Å². The summed E-state index contributed by atoms with van der Waals surface area (Å²) in [6.07, 6.45) is 0.836. The molecule has 0 radical (unpaired) electrons. The Morgan fingerprint density at radius 3 is 1.89 bits per heavy atom. The number of phenolic OH excluding ortho intramolecular Hbond substituents is 1. The SMILES string of the molecule is COc1cc(C2C3=CCC4C(=O)N(c5ccc(N6CCOCC6)cc5)C(=O)C4C3CC3(Cl)C(=O)N(c4c(F)c(F)c(F)c(F)c4F)C(=O)C23Cl)cc(OC)c1O. The van der Waals surface area contributed by atoms with Gasteiger partial charge in [0.05, 0.1) is 45.0 Å². The quantitative estimate of drug-likeness (QED) is 0.0832. The molecule has 2 aliphatic carbocycles. The first-order valence-electron chi connectivity index (χ1n) is 17.4. The zero-order valence-electron chi connectivity index (χ0n) is 29.4. The first-order chi connectivity index (χ1) is 26.6. The van der Waals surface area contributed by atoms with Crippen LogP contribution in [0.2, 0.25) is 0 Å². The molecule has 5 aliphatic rings. The molecule has 0 aromatic heterocycles. The summed E-state index contributed by atoms with van der Waals surface area (Å²) in [6, 6.07) is 9.25. The van der Waals surface area contributed by atoms with Crippen LogP contribution in [0.4, 0.5) is 39.0 Å². The van der Waals surface area contributed by atoms with E-state index in [2.05, 4.69) is 4.90 Å². The van der Waals surface area contributed by atoms with Crippen LogP contribution in [0.25, 0.3) is 0 Å². The number of benzene rings is 3. The molecule has 3 saturated heterocycles. The number of morpholine rings is 1. The van der Waals surface area contributed by atoms with Crippen molar-refractivity contribution in [1.29, 1.82) is 0 Å². The monoisotopic (exact) mass is 821 g/mol. The lowest BCUT2D eigenvalue weighted by molar-refractivity contribution is -0.125. The van der Waals surface area contributed by atoms with Gasteiger partial charge in [-0.2, -0.15) is 0 Å². The highest BCUT2D eigenvalue weighted by molar-refractivity contribution is 6.58. The number of carbonyl (C=O) groups is 4. The van der Waals surface area contributed by atoms with Crippen molar-refractivity contribution in [2.24, 2.45) is 17.8 Å². The van der Waals surface area contributed by atoms with Gasteiger partial charge in [0.2, 0.25) is 23.4 Å². The minimum absolute atomic E-state index is 0.00124. The number of anilines is 3. The number of methoxy groups -OCH3 is 2. The highest BCUT2D eigenvalue weighted by Crippen LogP contribution is 2.66. The molecule has 3 aliphatic heterocycles. The van der Waals surface area contributed by atoms with Gasteiger partial charge in [-0.1, -0.05) is 11.6 Å². The molecule has 1 N–H and O–H groups in total. The standard InChI is InChI=1S/C38H30Cl2F5N3O8/c1-54-22-13-16(14-23(55-2)32(22)49)25-19-7-8-20-24(34(51)47(33(20)50)18-5-3-17(4-6-18)46-9-11-56-12-10-46)21(19)15-37(39)35(52)48(36(53)38(25,37)40)31-29(44)27(42)26(41)28(43)30(31)45/h3-7,13-14,20-21,24-25,49H,8-12,15H2,1-2H3. The topological polar surface area (TPSA) is 126 Å². The van der Waals surface area contributed by atoms with E-state index in [0.717, 1.165) is 10.6 Å². The largest absolute Gasteiger partial charge is 0.502 e. The van der Waals surface area contributed by atoms with E-state index in [1.807, 2.05) is 0 Å². The Labute approximate surface area is 325 Å². The van der Waals surface area contributed by atoms with Crippen LogP contribution in [0.15, 0.2) is 48.0 Å². The number of phenols is 1. The van der Waals surface area contributed by atoms with Crippen molar-refractivity contribution in [3.05, 3.63) is 82.7 Å². The molecular weight excluding hydrogens is 792 g/mol. The van der Waals surface area contributed by atoms with Crippen molar-refractivity contribution in [2.45, 2.75) is 28.5 Å². The molecule has 11 nitrogen and oxygen atoms in total. The second-order valence-corrected chi connectivity index (χ2v) is 15.3. The fourth-order valence-corrected chi connectivity index (χ4v) is 9.84. The lowest BCUT2D eigenvalue weighted by Crippen LogP contribution is -2.60. The first-order valence-corrected chi connectivity index (χ1v) is 18.1. The van der Waals surface area contributed by atoms with Crippen LogP contribution in [0.5, 0.6) is 17.2 Å². The Morgan fingerprint density at radius 2 is 1.32 bits per heavy atom. The normalized spacial score (nSPS) is 28.7. The summed E-state index contributed by atoms with van der Waals surface area (Å²) in [5, 5.41) is 10.7. The number of ether oxygens (including phenoxy) is 3. The van der Waals surface area contributed by atoms with Gasteiger partial charge in [-0.05, 0) is 60.7 Å². The minimum atomic E-state index is -2.77. The van der Waals surface area contributed by atoms with Crippen LogP contribution in [0.1, 0.15) is 24.3 Å². The number of amides is 4. The van der Waals surface area contributed by atoms with Crippen LogP contribution < -0.4 is 24.2 Å². The number of rotatable bonds is 6. The molecule has 18 heteroatoms. The molecule has 4 fully saturated rings. The molecule has 1 saturated carbocycles. The Morgan fingerprint density at radius 1 is 0.768 bits per heavy atom. The van der Waals surface area contributed by atoms with Crippen molar-refractivity contribution < 1.29 is 60.4 Å². The molecule has 294 valence electrons. The average molecular weight is 823 g/mol. The van der Waals surface area contributed by atoms with Crippen molar-refractivity contribution in [2.75, 3.05) is 55.2 Å². The van der Waals surface area contributed by atoms with E-state index >= 15 is 8.78 Å². The van der Waals surface area contributed by atoms with Crippen molar-refractivity contribution in [3.8, 4) is 17.2 Å². The number of imide groups is 2. The lowest BCUT2D eigenvalue weighted by Gasteiger charge is -2.50. The number of halogens is 7. The Hall–Kier alpha value is -4.93. The number of allylic oxidation sites excluding steroid dienone is 2. The van der Waals surface area contributed by atoms with Gasteiger partial charge >= 0.3 is 0 Å². The number of carbonyl (C=O) groups excluding carboxylic acids is 4. The van der Waals surface area contributed by atoms with Crippen molar-refractivity contribution in [3.63, 3.8) is 0 Å². The molecule has 3 heterocycles. The second-order valence-electron chi connectivity index (χ2n) is 14.1. The molecule has 3 aromatic rings. The van der Waals surface area contributed by atoms with Gasteiger partial charge in [-0.3, -0.25) is 24.1 Å². The number of nitrogens with zero attached hydrogens (tertiary/aromatic N) is 3. The molecule has 4 amide bonds. The van der Waals surface area contributed by atoms with E-state index in [1.165, 1.54) is 26.4 Å². The van der Waals surface area contributed by atoms with Gasteiger partial charge in [-0.15, -0.1) is 23.2 Å². The summed E-state index contributed by atoms with van der Waals surface area (Å²) in [6.45, 7) is 2.36. The van der Waals surface area contributed by atoms with Gasteiger partial charge in [0, 0.05) is 24.7 Å². The van der Waals surface area contributed by atoms with E-state index in [4.69, 9.17) is 37.4 Å². The molecular formula is C38H30Cl2F5N3O8. The molecule has 6 atom stereocenters. The number of hydrogen-bond acceptors (Lipinski definition) is 9. The summed E-state index contributed by atoms with van der Waals surface area (Å²) >= 11 is 14.4. The summed E-state index contributed by atoms with van der Waals surface area (Å²) in [4.78, 5) is 55.0. The third kappa shape index (κ3) is 5.03. The zero-order chi connectivity index (χ0) is 40.2. The molecule has 6 unspecified atom stereocenters.